The molecule has 1 aliphatic heterocycles. The molecule has 0 aliphatic carbocycles. The molecule has 31 heavy (non-hydrogen) atoms. The molecule has 2 aromatic carbocycles. The second-order valence-electron chi connectivity index (χ2n) is 7.71. The molecule has 3 N–H and O–H groups in total. The molecule has 0 radical (unpaired) electrons. The van der Waals surface area contributed by atoms with Gasteiger partial charge in [-0.3, -0.25) is 19.3 Å². The van der Waals surface area contributed by atoms with Crippen molar-refractivity contribution < 1.29 is 19.2 Å². The fraction of sp³-hybridized carbons (Fsp3) is 0.304. The van der Waals surface area contributed by atoms with Crippen LogP contribution >= 0.6 is 0 Å². The number of hydrogen-bond donors (Lipinski definition) is 3. The van der Waals surface area contributed by atoms with E-state index in [-0.39, 0.29) is 17.5 Å². The van der Waals surface area contributed by atoms with Crippen molar-refractivity contribution in [3.05, 3.63) is 65.7 Å². The van der Waals surface area contributed by atoms with Gasteiger partial charge in [0.25, 0.3) is 11.8 Å². The summed E-state index contributed by atoms with van der Waals surface area (Å²) in [6.45, 7) is 4.85. The van der Waals surface area contributed by atoms with Crippen LogP contribution < -0.4 is 16.0 Å². The van der Waals surface area contributed by atoms with Crippen molar-refractivity contribution in [1.29, 1.82) is 0 Å². The van der Waals surface area contributed by atoms with Crippen molar-refractivity contribution in [3.63, 3.8) is 0 Å². The number of benzene rings is 2. The van der Waals surface area contributed by atoms with E-state index >= 15 is 0 Å². The number of urea groups is 1. The Balaban J connectivity index is 1.69. The Morgan fingerprint density at radius 1 is 1.06 bits per heavy atom. The first-order valence-corrected chi connectivity index (χ1v) is 10.1. The SMILES string of the molecule is CC[C@]1(C)NC(=O)N(CC(=O)Nc2ccccc2C(=O)N[C@H](C)c2ccccc2)C1=O. The van der Waals surface area contributed by atoms with Crippen molar-refractivity contribution in [2.24, 2.45) is 0 Å². The van der Waals surface area contributed by atoms with E-state index in [1.54, 1.807) is 38.1 Å². The van der Waals surface area contributed by atoms with Crippen molar-refractivity contribution in [2.75, 3.05) is 11.9 Å². The predicted molar refractivity (Wildman–Crippen MR) is 116 cm³/mol. The second-order valence-corrected chi connectivity index (χ2v) is 7.71. The Bertz CT molecular complexity index is 1010. The van der Waals surface area contributed by atoms with Gasteiger partial charge in [0.05, 0.1) is 17.3 Å². The summed E-state index contributed by atoms with van der Waals surface area (Å²) < 4.78 is 0. The summed E-state index contributed by atoms with van der Waals surface area (Å²) in [6, 6.07) is 15.3. The molecule has 5 amide bonds. The van der Waals surface area contributed by atoms with Gasteiger partial charge in [0.2, 0.25) is 5.91 Å². The Hall–Kier alpha value is -3.68. The van der Waals surface area contributed by atoms with E-state index in [0.717, 1.165) is 10.5 Å². The van der Waals surface area contributed by atoms with Crippen LogP contribution in [0.4, 0.5) is 10.5 Å². The van der Waals surface area contributed by atoms with E-state index in [1.807, 2.05) is 37.3 Å². The maximum atomic E-state index is 12.8. The lowest BCUT2D eigenvalue weighted by Gasteiger charge is -2.19. The number of carbonyl (C=O) groups excluding carboxylic acids is 4. The molecule has 3 rings (SSSR count). The quantitative estimate of drug-likeness (QED) is 0.596. The van der Waals surface area contributed by atoms with Gasteiger partial charge in [-0.05, 0) is 38.0 Å². The fourth-order valence-electron chi connectivity index (χ4n) is 3.35. The first-order valence-electron chi connectivity index (χ1n) is 10.1. The number of hydrogen-bond acceptors (Lipinski definition) is 4. The van der Waals surface area contributed by atoms with Gasteiger partial charge in [0.1, 0.15) is 12.1 Å². The number of carbonyl (C=O) groups is 4. The van der Waals surface area contributed by atoms with E-state index in [4.69, 9.17) is 0 Å². The first kappa shape index (κ1) is 22.0. The summed E-state index contributed by atoms with van der Waals surface area (Å²) in [5.41, 5.74) is 0.530. The molecule has 0 saturated carbocycles. The minimum Gasteiger partial charge on any atom is -0.345 e. The van der Waals surface area contributed by atoms with E-state index in [0.29, 0.717) is 12.1 Å². The molecule has 0 unspecified atom stereocenters. The molecule has 2 aromatic rings. The normalized spacial score (nSPS) is 19.0. The van der Waals surface area contributed by atoms with Crippen molar-refractivity contribution in [1.82, 2.24) is 15.5 Å². The van der Waals surface area contributed by atoms with Gasteiger partial charge >= 0.3 is 6.03 Å². The molecule has 2 atom stereocenters. The maximum Gasteiger partial charge on any atom is 0.325 e. The van der Waals surface area contributed by atoms with Crippen LogP contribution in [-0.2, 0) is 9.59 Å². The van der Waals surface area contributed by atoms with Gasteiger partial charge in [0, 0.05) is 0 Å². The predicted octanol–water partition coefficient (Wildman–Crippen LogP) is 2.84. The summed E-state index contributed by atoms with van der Waals surface area (Å²) in [5, 5.41) is 8.17. The summed E-state index contributed by atoms with van der Waals surface area (Å²) in [4.78, 5) is 50.9. The average Bonchev–Trinajstić information content (AvgIpc) is 2.98. The largest absolute Gasteiger partial charge is 0.345 e. The Labute approximate surface area is 181 Å². The van der Waals surface area contributed by atoms with Crippen molar-refractivity contribution >= 4 is 29.4 Å². The van der Waals surface area contributed by atoms with Crippen LogP contribution in [0, 0.1) is 0 Å². The maximum absolute atomic E-state index is 12.8. The minimum absolute atomic E-state index is 0.227. The van der Waals surface area contributed by atoms with Gasteiger partial charge in [0.15, 0.2) is 0 Å². The Morgan fingerprint density at radius 2 is 1.71 bits per heavy atom. The van der Waals surface area contributed by atoms with Crippen LogP contribution in [0.2, 0.25) is 0 Å². The third kappa shape index (κ3) is 4.74. The number of imide groups is 1. The molecule has 1 fully saturated rings. The molecular weight excluding hydrogens is 396 g/mol. The van der Waals surface area contributed by atoms with E-state index < -0.39 is 29.9 Å². The van der Waals surface area contributed by atoms with Gasteiger partial charge in [-0.25, -0.2) is 4.79 Å². The monoisotopic (exact) mass is 422 g/mol. The number of nitrogens with zero attached hydrogens (tertiary/aromatic N) is 1. The molecule has 0 bridgehead atoms. The highest BCUT2D eigenvalue weighted by molar-refractivity contribution is 6.10. The molecule has 1 saturated heterocycles. The highest BCUT2D eigenvalue weighted by Gasteiger charge is 2.47. The lowest BCUT2D eigenvalue weighted by Crippen LogP contribution is -2.44. The van der Waals surface area contributed by atoms with E-state index in [9.17, 15) is 19.2 Å². The van der Waals surface area contributed by atoms with E-state index in [2.05, 4.69) is 16.0 Å². The van der Waals surface area contributed by atoms with Crippen LogP contribution in [0.5, 0.6) is 0 Å². The molecular formula is C23H26N4O4. The highest BCUT2D eigenvalue weighted by Crippen LogP contribution is 2.21. The third-order valence-electron chi connectivity index (χ3n) is 5.45. The third-order valence-corrected chi connectivity index (χ3v) is 5.45. The van der Waals surface area contributed by atoms with Gasteiger partial charge in [-0.15, -0.1) is 0 Å². The summed E-state index contributed by atoms with van der Waals surface area (Å²) in [7, 11) is 0. The summed E-state index contributed by atoms with van der Waals surface area (Å²) in [5.74, 6) is -1.36. The van der Waals surface area contributed by atoms with Crippen LogP contribution in [0.3, 0.4) is 0 Å². The number of para-hydroxylation sites is 1. The molecule has 1 heterocycles. The number of anilines is 1. The Morgan fingerprint density at radius 3 is 2.35 bits per heavy atom. The zero-order chi connectivity index (χ0) is 22.6. The molecule has 0 spiro atoms. The topological polar surface area (TPSA) is 108 Å². The Kier molecular flexibility index (Phi) is 6.39. The summed E-state index contributed by atoms with van der Waals surface area (Å²) >= 11 is 0. The van der Waals surface area contributed by atoms with Crippen LogP contribution in [0.15, 0.2) is 54.6 Å². The smallest absolute Gasteiger partial charge is 0.325 e. The highest BCUT2D eigenvalue weighted by atomic mass is 16.2. The number of rotatable bonds is 7. The van der Waals surface area contributed by atoms with Gasteiger partial charge < -0.3 is 16.0 Å². The van der Waals surface area contributed by atoms with Crippen LogP contribution in [0.1, 0.15) is 49.2 Å². The minimum atomic E-state index is -1.01. The molecule has 162 valence electrons. The number of nitrogens with one attached hydrogen (secondary N) is 3. The molecule has 8 heteroatoms. The lowest BCUT2D eigenvalue weighted by atomic mass is 9.99. The zero-order valence-corrected chi connectivity index (χ0v) is 17.8. The molecule has 0 aromatic heterocycles. The van der Waals surface area contributed by atoms with Gasteiger partial charge in [-0.2, -0.15) is 0 Å². The standard InChI is InChI=1S/C23H26N4O4/c1-4-23(3)21(30)27(22(31)26-23)14-19(28)25-18-13-9-8-12-17(18)20(29)24-15(2)16-10-6-5-7-11-16/h5-13,15H,4,14H2,1-3H3,(H,24,29)(H,25,28)(H,26,31)/t15-,23+/m1/s1. The van der Waals surface area contributed by atoms with E-state index in [1.165, 1.54) is 0 Å². The fourth-order valence-corrected chi connectivity index (χ4v) is 3.35. The molecule has 8 nitrogen and oxygen atoms in total. The first-order chi connectivity index (χ1) is 14.7. The number of amides is 5. The van der Waals surface area contributed by atoms with Gasteiger partial charge in [-0.1, -0.05) is 49.4 Å². The van der Waals surface area contributed by atoms with Crippen molar-refractivity contribution in [3.8, 4) is 0 Å². The zero-order valence-electron chi connectivity index (χ0n) is 17.8. The van der Waals surface area contributed by atoms with Crippen LogP contribution in [0.25, 0.3) is 0 Å². The second kappa shape index (κ2) is 8.99. The summed E-state index contributed by atoms with van der Waals surface area (Å²) in [6.07, 6.45) is 0.415. The van der Waals surface area contributed by atoms with Crippen molar-refractivity contribution in [2.45, 2.75) is 38.8 Å². The lowest BCUT2D eigenvalue weighted by molar-refractivity contribution is -0.133. The molecule has 1 aliphatic rings. The van der Waals surface area contributed by atoms with Crippen LogP contribution in [-0.4, -0.2) is 40.7 Å². The average molecular weight is 422 g/mol.